The van der Waals surface area contributed by atoms with Crippen molar-refractivity contribution in [2.24, 2.45) is 0 Å². The largest absolute Gasteiger partial charge is 0.394 e. The number of amides is 1. The van der Waals surface area contributed by atoms with Gasteiger partial charge in [-0.2, -0.15) is 0 Å². The molecule has 5 heteroatoms. The highest BCUT2D eigenvalue weighted by Gasteiger charge is 2.20. The van der Waals surface area contributed by atoms with E-state index in [1.807, 2.05) is 6.08 Å². The van der Waals surface area contributed by atoms with Crippen molar-refractivity contribution in [1.82, 2.24) is 5.32 Å². The first kappa shape index (κ1) is 66.1. The quantitative estimate of drug-likeness (QED) is 0.0361. The Morgan fingerprint density at radius 1 is 0.373 bits per heavy atom. The number of carbonyl (C=O) groups is 1. The average molecular weight is 947 g/mol. The van der Waals surface area contributed by atoms with E-state index in [1.165, 1.54) is 302 Å². The summed E-state index contributed by atoms with van der Waals surface area (Å²) in [6.07, 6.45) is 72.9. The van der Waals surface area contributed by atoms with Crippen molar-refractivity contribution < 1.29 is 20.1 Å². The normalized spacial score (nSPS) is 13.2. The Balaban J connectivity index is 3.49. The maximum absolute atomic E-state index is 12.5. The average Bonchev–Trinajstić information content (AvgIpc) is 3.32. The van der Waals surface area contributed by atoms with Crippen LogP contribution < -0.4 is 5.32 Å². The van der Waals surface area contributed by atoms with Crippen LogP contribution in [0.1, 0.15) is 354 Å². The Morgan fingerprint density at radius 2 is 0.612 bits per heavy atom. The van der Waals surface area contributed by atoms with E-state index in [0.717, 1.165) is 25.7 Å². The summed E-state index contributed by atoms with van der Waals surface area (Å²) in [6, 6.07) is -0.742. The highest BCUT2D eigenvalue weighted by molar-refractivity contribution is 5.76. The van der Waals surface area contributed by atoms with Crippen LogP contribution >= 0.6 is 0 Å². The second-order valence-electron chi connectivity index (χ2n) is 21.7. The molecule has 3 atom stereocenters. The molecule has 0 aromatic heterocycles. The van der Waals surface area contributed by atoms with Gasteiger partial charge in [-0.3, -0.25) is 4.79 Å². The molecule has 0 spiro atoms. The summed E-state index contributed by atoms with van der Waals surface area (Å²) in [7, 11) is 0. The van der Waals surface area contributed by atoms with E-state index < -0.39 is 18.2 Å². The zero-order valence-corrected chi connectivity index (χ0v) is 45.8. The molecule has 0 aromatic rings. The van der Waals surface area contributed by atoms with Gasteiger partial charge >= 0.3 is 0 Å². The van der Waals surface area contributed by atoms with Gasteiger partial charge in [-0.25, -0.2) is 0 Å². The van der Waals surface area contributed by atoms with Crippen LogP contribution in [0.2, 0.25) is 0 Å². The van der Waals surface area contributed by atoms with Gasteiger partial charge in [0.1, 0.15) is 0 Å². The van der Waals surface area contributed by atoms with Crippen LogP contribution in [-0.2, 0) is 4.79 Å². The third kappa shape index (κ3) is 54.3. The Labute approximate surface area is 420 Å². The molecule has 0 radical (unpaired) electrons. The number of carbonyl (C=O) groups excluding carboxylic acids is 1. The molecular formula is C62H123NO4. The van der Waals surface area contributed by atoms with Crippen LogP contribution in [0.15, 0.2) is 12.2 Å². The van der Waals surface area contributed by atoms with Gasteiger partial charge in [-0.15, -0.1) is 0 Å². The Bertz CT molecular complexity index is 956. The van der Waals surface area contributed by atoms with E-state index in [-0.39, 0.29) is 18.9 Å². The molecule has 0 aliphatic rings. The molecule has 0 aromatic carbocycles. The maximum atomic E-state index is 12.5. The Kier molecular flexibility index (Phi) is 56.9. The Morgan fingerprint density at radius 3 is 0.866 bits per heavy atom. The molecule has 0 aliphatic heterocycles. The zero-order chi connectivity index (χ0) is 48.6. The van der Waals surface area contributed by atoms with Gasteiger partial charge in [0.25, 0.3) is 0 Å². The van der Waals surface area contributed by atoms with E-state index in [4.69, 9.17) is 0 Å². The topological polar surface area (TPSA) is 89.8 Å². The van der Waals surface area contributed by atoms with Crippen molar-refractivity contribution in [2.45, 2.75) is 372 Å². The van der Waals surface area contributed by atoms with Crippen molar-refractivity contribution in [3.05, 3.63) is 12.2 Å². The lowest BCUT2D eigenvalue weighted by atomic mass is 10.0. The molecule has 0 bridgehead atoms. The summed E-state index contributed by atoms with van der Waals surface area (Å²) in [4.78, 5) is 12.5. The summed E-state index contributed by atoms with van der Waals surface area (Å²) >= 11 is 0. The van der Waals surface area contributed by atoms with E-state index in [2.05, 4.69) is 19.2 Å². The van der Waals surface area contributed by atoms with E-state index in [9.17, 15) is 20.1 Å². The van der Waals surface area contributed by atoms with Crippen molar-refractivity contribution in [1.29, 1.82) is 0 Å². The van der Waals surface area contributed by atoms with Gasteiger partial charge in [0.05, 0.1) is 31.3 Å². The summed E-state index contributed by atoms with van der Waals surface area (Å²) in [6.45, 7) is 4.27. The molecule has 5 nitrogen and oxygen atoms in total. The standard InChI is InChI=1S/C62H123NO4/c1-3-5-7-9-11-13-15-17-19-21-23-25-27-28-29-30-31-32-34-35-37-39-41-43-45-47-49-51-53-55-59(65)57-62(67)63-60(58-64)61(66)56-54-52-50-48-46-44-42-40-38-36-33-26-24-22-20-18-16-14-12-10-8-6-4-2/h54,56,59-61,64-66H,3-53,55,57-58H2,1-2H3,(H,63,67)/b56-54+. The number of hydrogen-bond acceptors (Lipinski definition) is 4. The fourth-order valence-corrected chi connectivity index (χ4v) is 10.1. The van der Waals surface area contributed by atoms with Crippen molar-refractivity contribution in [3.63, 3.8) is 0 Å². The van der Waals surface area contributed by atoms with Gasteiger partial charge in [-0.1, -0.05) is 341 Å². The molecule has 4 N–H and O–H groups in total. The predicted molar refractivity (Wildman–Crippen MR) is 296 cm³/mol. The molecule has 0 aliphatic carbocycles. The summed E-state index contributed by atoms with van der Waals surface area (Å²) in [5, 5.41) is 33.5. The summed E-state index contributed by atoms with van der Waals surface area (Å²) in [5.41, 5.74) is 0. The first-order valence-electron chi connectivity index (χ1n) is 31.0. The van der Waals surface area contributed by atoms with Crippen molar-refractivity contribution in [2.75, 3.05) is 6.61 Å². The van der Waals surface area contributed by atoms with E-state index in [0.29, 0.717) is 6.42 Å². The molecular weight excluding hydrogens is 823 g/mol. The second-order valence-corrected chi connectivity index (χ2v) is 21.7. The molecule has 0 heterocycles. The van der Waals surface area contributed by atoms with Gasteiger partial charge in [0.2, 0.25) is 5.91 Å². The van der Waals surface area contributed by atoms with Gasteiger partial charge < -0.3 is 20.6 Å². The number of aliphatic hydroxyl groups excluding tert-OH is 3. The van der Waals surface area contributed by atoms with Gasteiger partial charge in [-0.05, 0) is 19.3 Å². The third-order valence-electron chi connectivity index (χ3n) is 14.8. The number of unbranched alkanes of at least 4 members (excludes halogenated alkanes) is 49. The molecule has 3 unspecified atom stereocenters. The Hall–Kier alpha value is -0.910. The zero-order valence-electron chi connectivity index (χ0n) is 45.8. The molecule has 67 heavy (non-hydrogen) atoms. The van der Waals surface area contributed by atoms with Crippen LogP contribution in [0.3, 0.4) is 0 Å². The fraction of sp³-hybridized carbons (Fsp3) is 0.952. The lowest BCUT2D eigenvalue weighted by Gasteiger charge is -2.21. The van der Waals surface area contributed by atoms with Gasteiger partial charge in [0.15, 0.2) is 0 Å². The second kappa shape index (κ2) is 57.7. The van der Waals surface area contributed by atoms with Crippen molar-refractivity contribution in [3.8, 4) is 0 Å². The lowest BCUT2D eigenvalue weighted by Crippen LogP contribution is -2.45. The number of allylic oxidation sites excluding steroid dienone is 1. The molecule has 0 saturated carbocycles. The SMILES string of the molecule is CCCCCCCCCCCCCCCCCCCCCCC/C=C/C(O)C(CO)NC(=O)CC(O)CCCCCCCCCCCCCCCCCCCCCCCCCCCCCCC. The minimum Gasteiger partial charge on any atom is -0.394 e. The highest BCUT2D eigenvalue weighted by Crippen LogP contribution is 2.19. The number of hydrogen-bond donors (Lipinski definition) is 4. The molecule has 0 fully saturated rings. The minimum atomic E-state index is -0.927. The summed E-state index contributed by atoms with van der Waals surface area (Å²) in [5.74, 6) is -0.307. The molecule has 1 amide bonds. The summed E-state index contributed by atoms with van der Waals surface area (Å²) < 4.78 is 0. The molecule has 0 saturated heterocycles. The lowest BCUT2D eigenvalue weighted by molar-refractivity contribution is -0.124. The van der Waals surface area contributed by atoms with Crippen LogP contribution in [-0.4, -0.2) is 46.1 Å². The fourth-order valence-electron chi connectivity index (χ4n) is 10.1. The number of rotatable bonds is 58. The number of aliphatic hydroxyl groups is 3. The first-order chi connectivity index (χ1) is 33.0. The van der Waals surface area contributed by atoms with E-state index >= 15 is 0 Å². The van der Waals surface area contributed by atoms with Gasteiger partial charge in [0, 0.05) is 0 Å². The van der Waals surface area contributed by atoms with Crippen LogP contribution in [0, 0.1) is 0 Å². The third-order valence-corrected chi connectivity index (χ3v) is 14.8. The predicted octanol–water partition coefficient (Wildman–Crippen LogP) is 19.5. The first-order valence-corrected chi connectivity index (χ1v) is 31.0. The maximum Gasteiger partial charge on any atom is 0.222 e. The highest BCUT2D eigenvalue weighted by atomic mass is 16.3. The van der Waals surface area contributed by atoms with E-state index in [1.54, 1.807) is 6.08 Å². The number of nitrogens with one attached hydrogen (secondary N) is 1. The van der Waals surface area contributed by atoms with Crippen LogP contribution in [0.25, 0.3) is 0 Å². The minimum absolute atomic E-state index is 0.0198. The van der Waals surface area contributed by atoms with Crippen molar-refractivity contribution >= 4 is 5.91 Å². The smallest absolute Gasteiger partial charge is 0.222 e. The monoisotopic (exact) mass is 946 g/mol. The van der Waals surface area contributed by atoms with Crippen LogP contribution in [0.4, 0.5) is 0 Å². The van der Waals surface area contributed by atoms with Crippen LogP contribution in [0.5, 0.6) is 0 Å². The molecule has 0 rings (SSSR count). The molecule has 400 valence electrons.